The van der Waals surface area contributed by atoms with Crippen molar-refractivity contribution in [1.82, 2.24) is 4.57 Å². The van der Waals surface area contributed by atoms with Gasteiger partial charge in [0.2, 0.25) is 0 Å². The van der Waals surface area contributed by atoms with Gasteiger partial charge in [-0.05, 0) is 170 Å². The van der Waals surface area contributed by atoms with Gasteiger partial charge in [0, 0.05) is 32.9 Å². The molecule has 396 valence electrons. The minimum atomic E-state index is -0.0686. The van der Waals surface area contributed by atoms with Crippen molar-refractivity contribution in [2.24, 2.45) is 0 Å². The van der Waals surface area contributed by atoms with Gasteiger partial charge in [0.25, 0.3) is 0 Å². The van der Waals surface area contributed by atoms with E-state index in [1.807, 2.05) is 0 Å². The fourth-order valence-electron chi connectivity index (χ4n) is 11.8. The minimum Gasteiger partial charge on any atom is -0.310 e. The zero-order valence-electron chi connectivity index (χ0n) is 50.1. The van der Waals surface area contributed by atoms with E-state index in [9.17, 15) is 0 Å². The minimum absolute atomic E-state index is 0.0144. The molecule has 0 atom stereocenters. The standard InChI is InChI=1S/C76H82N2/c1-71(2,3)51-29-37-67-63(45-51)64-46-52(72(4,5)6)30-38-68(64)78(67)66-36-28-49-25-33-61-65(35-27-48-26-34-62(66)70(49)69(48)61)77(58-43-55(75(13,14)15)42-56(44-58)76(16,17)18)57-31-23-47(24-32-57)59-21-19-20-22-60(59)50-39-53(73(7,8)9)41-54(40-50)74(10,11)12/h19-46H,1-18H3. The molecule has 0 aliphatic carbocycles. The zero-order chi connectivity index (χ0) is 55.8. The van der Waals surface area contributed by atoms with Gasteiger partial charge in [-0.2, -0.15) is 0 Å². The summed E-state index contributed by atoms with van der Waals surface area (Å²) in [6, 6.07) is 66.2. The van der Waals surface area contributed by atoms with Crippen LogP contribution in [-0.2, 0) is 32.5 Å². The van der Waals surface area contributed by atoms with Gasteiger partial charge in [-0.25, -0.2) is 0 Å². The molecule has 0 aliphatic heterocycles. The topological polar surface area (TPSA) is 8.17 Å². The Morgan fingerprint density at radius 3 is 1.18 bits per heavy atom. The summed E-state index contributed by atoms with van der Waals surface area (Å²) in [5.74, 6) is 0. The number of hydrogen-bond donors (Lipinski definition) is 0. The molecule has 0 radical (unpaired) electrons. The highest BCUT2D eigenvalue weighted by molar-refractivity contribution is 6.27. The number of benzene rings is 10. The van der Waals surface area contributed by atoms with E-state index in [-0.39, 0.29) is 32.5 Å². The SMILES string of the molecule is CC(C)(C)c1cc(-c2ccccc2-c2ccc(N(c3cc(C(C)(C)C)cc(C(C)(C)C)c3)c3ccc4ccc5c(-n6c7ccc(C(C)(C)C)cc7c7cc(C(C)(C)C)ccc76)ccc6ccc3c4c65)cc2)cc(C(C)(C)C)c1. The Kier molecular flexibility index (Phi) is 12.3. The Morgan fingerprint density at radius 1 is 0.295 bits per heavy atom. The number of anilines is 3. The second-order valence-electron chi connectivity index (χ2n) is 28.9. The maximum absolute atomic E-state index is 2.54. The van der Waals surface area contributed by atoms with Crippen molar-refractivity contribution < 1.29 is 0 Å². The predicted octanol–water partition coefficient (Wildman–Crippen LogP) is 22.3. The van der Waals surface area contributed by atoms with Gasteiger partial charge in [-0.3, -0.25) is 0 Å². The maximum Gasteiger partial charge on any atom is 0.0541 e. The van der Waals surface area contributed by atoms with Crippen LogP contribution in [0, 0.1) is 0 Å². The lowest BCUT2D eigenvalue weighted by Crippen LogP contribution is -2.19. The number of aromatic nitrogens is 1. The van der Waals surface area contributed by atoms with Crippen LogP contribution in [0.2, 0.25) is 0 Å². The van der Waals surface area contributed by atoms with Crippen LogP contribution in [0.3, 0.4) is 0 Å². The molecule has 0 unspecified atom stereocenters. The third kappa shape index (κ3) is 9.37. The van der Waals surface area contributed by atoms with E-state index in [4.69, 9.17) is 0 Å². The summed E-state index contributed by atoms with van der Waals surface area (Å²) in [7, 11) is 0. The Labute approximate surface area is 466 Å². The van der Waals surface area contributed by atoms with E-state index < -0.39 is 0 Å². The van der Waals surface area contributed by atoms with E-state index >= 15 is 0 Å². The maximum atomic E-state index is 2.54. The largest absolute Gasteiger partial charge is 0.310 e. The van der Waals surface area contributed by atoms with Crippen LogP contribution in [0.25, 0.3) is 82.1 Å². The van der Waals surface area contributed by atoms with Gasteiger partial charge in [-0.15, -0.1) is 0 Å². The number of nitrogens with zero attached hydrogens (tertiary/aromatic N) is 2. The second-order valence-corrected chi connectivity index (χ2v) is 28.9. The normalized spacial score (nSPS) is 13.3. The van der Waals surface area contributed by atoms with E-state index in [1.54, 1.807) is 0 Å². The highest BCUT2D eigenvalue weighted by atomic mass is 15.1. The molecule has 78 heavy (non-hydrogen) atoms. The number of fused-ring (bicyclic) bond motifs is 3. The molecule has 0 fully saturated rings. The molecule has 1 heterocycles. The average molecular weight is 1020 g/mol. The van der Waals surface area contributed by atoms with Gasteiger partial charge in [0.15, 0.2) is 0 Å². The molecule has 2 heteroatoms. The first-order valence-corrected chi connectivity index (χ1v) is 28.6. The molecule has 2 nitrogen and oxygen atoms in total. The van der Waals surface area contributed by atoms with Crippen molar-refractivity contribution in [2.75, 3.05) is 4.90 Å². The van der Waals surface area contributed by atoms with Gasteiger partial charge in [-0.1, -0.05) is 234 Å². The lowest BCUT2D eigenvalue weighted by molar-refractivity contribution is 0.568. The molecule has 0 bridgehead atoms. The van der Waals surface area contributed by atoms with Crippen LogP contribution in [0.15, 0.2) is 170 Å². The monoisotopic (exact) mass is 1020 g/mol. The summed E-state index contributed by atoms with van der Waals surface area (Å²) in [5.41, 5.74) is 20.1. The van der Waals surface area contributed by atoms with Crippen LogP contribution in [0.5, 0.6) is 0 Å². The third-order valence-electron chi connectivity index (χ3n) is 16.8. The summed E-state index contributed by atoms with van der Waals surface area (Å²) < 4.78 is 2.54. The Morgan fingerprint density at radius 2 is 0.705 bits per heavy atom. The lowest BCUT2D eigenvalue weighted by Gasteiger charge is -2.32. The predicted molar refractivity (Wildman–Crippen MR) is 342 cm³/mol. The van der Waals surface area contributed by atoms with Crippen LogP contribution < -0.4 is 4.90 Å². The zero-order valence-corrected chi connectivity index (χ0v) is 50.1. The molecule has 0 aliphatic rings. The fraction of sp³-hybridized carbons (Fsp3) is 0.316. The van der Waals surface area contributed by atoms with Crippen molar-refractivity contribution in [3.63, 3.8) is 0 Å². The molecule has 0 amide bonds. The molecule has 0 spiro atoms. The van der Waals surface area contributed by atoms with Crippen LogP contribution in [0.1, 0.15) is 158 Å². The Balaban J connectivity index is 1.13. The molecule has 0 saturated carbocycles. The Bertz CT molecular complexity index is 3980. The third-order valence-corrected chi connectivity index (χ3v) is 16.8. The van der Waals surface area contributed by atoms with Crippen molar-refractivity contribution in [1.29, 1.82) is 0 Å². The van der Waals surface area contributed by atoms with Crippen LogP contribution in [-0.4, -0.2) is 4.57 Å². The number of hydrogen-bond acceptors (Lipinski definition) is 1. The van der Waals surface area contributed by atoms with Crippen LogP contribution >= 0.6 is 0 Å². The first-order chi connectivity index (χ1) is 36.4. The number of rotatable bonds is 6. The summed E-state index contributed by atoms with van der Waals surface area (Å²) in [4.78, 5) is 2.54. The van der Waals surface area contributed by atoms with Gasteiger partial charge in [0.05, 0.1) is 22.4 Å². The van der Waals surface area contributed by atoms with Crippen LogP contribution in [0.4, 0.5) is 17.1 Å². The first kappa shape index (κ1) is 52.9. The molecule has 0 N–H and O–H groups in total. The molecule has 10 aromatic carbocycles. The smallest absolute Gasteiger partial charge is 0.0541 e. The van der Waals surface area contributed by atoms with E-state index in [1.165, 1.54) is 121 Å². The molecule has 11 aromatic rings. The van der Waals surface area contributed by atoms with Crippen molar-refractivity contribution >= 4 is 71.2 Å². The summed E-state index contributed by atoms with van der Waals surface area (Å²) in [6.45, 7) is 41.9. The van der Waals surface area contributed by atoms with E-state index in [0.29, 0.717) is 0 Å². The molecule has 1 aromatic heterocycles. The average Bonchev–Trinajstić information content (AvgIpc) is 3.69. The van der Waals surface area contributed by atoms with E-state index in [0.717, 1.165) is 11.4 Å². The molecule has 11 rings (SSSR count). The summed E-state index contributed by atoms with van der Waals surface area (Å²) >= 11 is 0. The van der Waals surface area contributed by atoms with Crippen molar-refractivity contribution in [2.45, 2.75) is 157 Å². The quantitative estimate of drug-likeness (QED) is 0.151. The van der Waals surface area contributed by atoms with Gasteiger partial charge in [0.1, 0.15) is 0 Å². The molecular weight excluding hydrogens is 941 g/mol. The Hall–Kier alpha value is -7.16. The highest BCUT2D eigenvalue weighted by Gasteiger charge is 2.28. The fourth-order valence-corrected chi connectivity index (χ4v) is 11.8. The first-order valence-electron chi connectivity index (χ1n) is 28.6. The lowest BCUT2D eigenvalue weighted by atomic mass is 9.78. The van der Waals surface area contributed by atoms with Crippen molar-refractivity contribution in [3.05, 3.63) is 203 Å². The van der Waals surface area contributed by atoms with Gasteiger partial charge < -0.3 is 9.47 Å². The summed E-state index contributed by atoms with van der Waals surface area (Å²) in [6.07, 6.45) is 0. The molecular formula is C76H82N2. The highest BCUT2D eigenvalue weighted by Crippen LogP contribution is 2.49. The van der Waals surface area contributed by atoms with E-state index in [2.05, 4.69) is 304 Å². The summed E-state index contributed by atoms with van der Waals surface area (Å²) in [5, 5.41) is 10.2. The molecule has 0 saturated heterocycles. The van der Waals surface area contributed by atoms with Gasteiger partial charge >= 0.3 is 0 Å². The van der Waals surface area contributed by atoms with Crippen molar-refractivity contribution in [3.8, 4) is 27.9 Å². The second kappa shape index (κ2) is 18.2.